The number of alkyl halides is 1. The van der Waals surface area contributed by atoms with Crippen LogP contribution in [0.5, 0.6) is 0 Å². The van der Waals surface area contributed by atoms with Gasteiger partial charge >= 0.3 is 0 Å². The molecular weight excluding hydrogens is 236 g/mol. The first-order chi connectivity index (χ1) is 8.00. The van der Waals surface area contributed by atoms with Crippen molar-refractivity contribution in [2.45, 2.75) is 69.5 Å². The van der Waals surface area contributed by atoms with Gasteiger partial charge in [-0.2, -0.15) is 0 Å². The highest BCUT2D eigenvalue weighted by Gasteiger charge is 2.55. The third-order valence-corrected chi connectivity index (χ3v) is 5.41. The van der Waals surface area contributed by atoms with E-state index in [0.29, 0.717) is 16.9 Å². The largest absolute Gasteiger partial charge is 0.379 e. The average Bonchev–Trinajstić information content (AvgIpc) is 2.80. The Labute approximate surface area is 110 Å². The summed E-state index contributed by atoms with van der Waals surface area (Å²) in [6, 6.07) is 0. The lowest BCUT2D eigenvalue weighted by atomic mass is 9.64. The Hall–Kier alpha value is 0.210. The molecule has 0 N–H and O–H groups in total. The van der Waals surface area contributed by atoms with Crippen molar-refractivity contribution in [3.8, 4) is 0 Å². The van der Waals surface area contributed by atoms with Gasteiger partial charge in [-0.3, -0.25) is 0 Å². The zero-order valence-corrected chi connectivity index (χ0v) is 12.1. The van der Waals surface area contributed by atoms with Gasteiger partial charge in [0.15, 0.2) is 0 Å². The van der Waals surface area contributed by atoms with E-state index in [9.17, 15) is 0 Å². The van der Waals surface area contributed by atoms with Crippen LogP contribution in [-0.4, -0.2) is 30.8 Å². The van der Waals surface area contributed by atoms with Crippen molar-refractivity contribution >= 4 is 11.6 Å². The molecule has 1 spiro atoms. The van der Waals surface area contributed by atoms with Gasteiger partial charge in [-0.15, -0.1) is 11.6 Å². The molecule has 100 valence electrons. The zero-order chi connectivity index (χ0) is 12.5. The molecule has 2 unspecified atom stereocenters. The van der Waals surface area contributed by atoms with Gasteiger partial charge in [0.25, 0.3) is 0 Å². The van der Waals surface area contributed by atoms with Gasteiger partial charge in [-0.1, -0.05) is 12.8 Å². The Morgan fingerprint density at radius 3 is 2.47 bits per heavy atom. The highest BCUT2D eigenvalue weighted by atomic mass is 35.5. The van der Waals surface area contributed by atoms with E-state index in [2.05, 4.69) is 13.8 Å². The summed E-state index contributed by atoms with van der Waals surface area (Å²) in [4.78, 5) is 0. The average molecular weight is 261 g/mol. The van der Waals surface area contributed by atoms with Gasteiger partial charge in [0, 0.05) is 24.5 Å². The Balaban J connectivity index is 1.77. The Kier molecular flexibility index (Phi) is 4.06. The molecular formula is C14H25ClO2. The summed E-state index contributed by atoms with van der Waals surface area (Å²) in [6.45, 7) is 5.00. The maximum Gasteiger partial charge on any atom is 0.0659 e. The molecule has 0 amide bonds. The molecule has 2 rings (SSSR count). The molecule has 0 saturated heterocycles. The van der Waals surface area contributed by atoms with Gasteiger partial charge in [-0.25, -0.2) is 0 Å². The molecule has 0 bridgehead atoms. The molecule has 0 aromatic rings. The summed E-state index contributed by atoms with van der Waals surface area (Å²) in [5, 5.41) is 0.352. The van der Waals surface area contributed by atoms with Crippen LogP contribution in [0.2, 0.25) is 0 Å². The SMILES string of the molecule is COC(C)(C)CCOC1CC(Cl)C12CCCC2. The Bertz CT molecular complexity index is 259. The molecule has 2 aliphatic carbocycles. The van der Waals surface area contributed by atoms with Gasteiger partial charge in [0.1, 0.15) is 0 Å². The molecule has 2 atom stereocenters. The van der Waals surface area contributed by atoms with E-state index in [-0.39, 0.29) is 5.60 Å². The number of ether oxygens (including phenoxy) is 2. The number of halogens is 1. The van der Waals surface area contributed by atoms with Crippen molar-refractivity contribution in [3.05, 3.63) is 0 Å². The fourth-order valence-electron chi connectivity index (χ4n) is 3.15. The van der Waals surface area contributed by atoms with E-state index >= 15 is 0 Å². The van der Waals surface area contributed by atoms with Crippen molar-refractivity contribution in [2.75, 3.05) is 13.7 Å². The predicted molar refractivity (Wildman–Crippen MR) is 70.6 cm³/mol. The maximum absolute atomic E-state index is 6.40. The predicted octanol–water partition coefficient (Wildman–Crippen LogP) is 3.76. The molecule has 0 aromatic carbocycles. The molecule has 17 heavy (non-hydrogen) atoms. The zero-order valence-electron chi connectivity index (χ0n) is 11.3. The highest BCUT2D eigenvalue weighted by Crippen LogP contribution is 2.57. The summed E-state index contributed by atoms with van der Waals surface area (Å²) < 4.78 is 11.5. The molecule has 0 aromatic heterocycles. The van der Waals surface area contributed by atoms with Crippen molar-refractivity contribution in [3.63, 3.8) is 0 Å². The van der Waals surface area contributed by atoms with Gasteiger partial charge in [-0.05, 0) is 39.5 Å². The molecule has 2 fully saturated rings. The van der Waals surface area contributed by atoms with E-state index in [0.717, 1.165) is 19.4 Å². The van der Waals surface area contributed by atoms with Gasteiger partial charge in [0.2, 0.25) is 0 Å². The van der Waals surface area contributed by atoms with Gasteiger partial charge in [0.05, 0.1) is 11.7 Å². The number of methoxy groups -OCH3 is 1. The molecule has 0 aliphatic heterocycles. The molecule has 0 radical (unpaired) electrons. The van der Waals surface area contributed by atoms with E-state index in [1.165, 1.54) is 25.7 Å². The van der Waals surface area contributed by atoms with E-state index in [1.54, 1.807) is 7.11 Å². The lowest BCUT2D eigenvalue weighted by Gasteiger charge is -2.51. The topological polar surface area (TPSA) is 18.5 Å². The summed E-state index contributed by atoms with van der Waals surface area (Å²) in [6.07, 6.45) is 7.57. The minimum absolute atomic E-state index is 0.0764. The third kappa shape index (κ3) is 2.64. The Morgan fingerprint density at radius 2 is 1.94 bits per heavy atom. The molecule has 0 heterocycles. The third-order valence-electron chi connectivity index (χ3n) is 4.80. The highest BCUT2D eigenvalue weighted by molar-refractivity contribution is 6.21. The van der Waals surface area contributed by atoms with Crippen molar-refractivity contribution < 1.29 is 9.47 Å². The first-order valence-corrected chi connectivity index (χ1v) is 7.25. The van der Waals surface area contributed by atoms with Crippen molar-refractivity contribution in [1.29, 1.82) is 0 Å². The van der Waals surface area contributed by atoms with Crippen LogP contribution in [-0.2, 0) is 9.47 Å². The van der Waals surface area contributed by atoms with Crippen LogP contribution >= 0.6 is 11.6 Å². The lowest BCUT2D eigenvalue weighted by molar-refractivity contribution is -0.117. The van der Waals surface area contributed by atoms with Crippen LogP contribution in [0, 0.1) is 5.41 Å². The van der Waals surface area contributed by atoms with Crippen molar-refractivity contribution in [1.82, 2.24) is 0 Å². The second-order valence-electron chi connectivity index (χ2n) is 6.22. The van der Waals surface area contributed by atoms with Crippen LogP contribution in [0.1, 0.15) is 52.4 Å². The fourth-order valence-corrected chi connectivity index (χ4v) is 3.67. The van der Waals surface area contributed by atoms with E-state index in [4.69, 9.17) is 21.1 Å². The van der Waals surface area contributed by atoms with E-state index in [1.807, 2.05) is 0 Å². The minimum atomic E-state index is -0.0764. The summed E-state index contributed by atoms with van der Waals surface area (Å²) in [5.74, 6) is 0. The monoisotopic (exact) mass is 260 g/mol. The molecule has 3 heteroatoms. The quantitative estimate of drug-likeness (QED) is 0.701. The van der Waals surface area contributed by atoms with Crippen LogP contribution in [0.15, 0.2) is 0 Å². The van der Waals surface area contributed by atoms with Gasteiger partial charge < -0.3 is 9.47 Å². The smallest absolute Gasteiger partial charge is 0.0659 e. The van der Waals surface area contributed by atoms with E-state index < -0.39 is 0 Å². The fraction of sp³-hybridized carbons (Fsp3) is 1.00. The first-order valence-electron chi connectivity index (χ1n) is 6.81. The number of hydrogen-bond donors (Lipinski definition) is 0. The summed E-state index contributed by atoms with van der Waals surface area (Å²) >= 11 is 6.40. The second-order valence-corrected chi connectivity index (χ2v) is 6.74. The second kappa shape index (κ2) is 5.07. The first kappa shape index (κ1) is 13.6. The summed E-state index contributed by atoms with van der Waals surface area (Å²) in [5.41, 5.74) is 0.242. The minimum Gasteiger partial charge on any atom is -0.379 e. The molecule has 2 nitrogen and oxygen atoms in total. The van der Waals surface area contributed by atoms with Crippen molar-refractivity contribution in [2.24, 2.45) is 5.41 Å². The Morgan fingerprint density at radius 1 is 1.29 bits per heavy atom. The molecule has 2 aliphatic rings. The maximum atomic E-state index is 6.40. The normalized spacial score (nSPS) is 31.8. The number of hydrogen-bond acceptors (Lipinski definition) is 2. The van der Waals surface area contributed by atoms with Crippen LogP contribution in [0.25, 0.3) is 0 Å². The number of rotatable bonds is 5. The van der Waals surface area contributed by atoms with Crippen LogP contribution < -0.4 is 0 Å². The van der Waals surface area contributed by atoms with Crippen LogP contribution in [0.3, 0.4) is 0 Å². The summed E-state index contributed by atoms with van der Waals surface area (Å²) in [7, 11) is 1.76. The molecule has 2 saturated carbocycles. The van der Waals surface area contributed by atoms with Crippen LogP contribution in [0.4, 0.5) is 0 Å². The standard InChI is InChI=1S/C14H25ClO2/c1-13(2,16-3)8-9-17-12-10-11(15)14(12)6-4-5-7-14/h11-12H,4-10H2,1-3H3. The lowest BCUT2D eigenvalue weighted by Crippen LogP contribution is -2.54.